The van der Waals surface area contributed by atoms with Crippen molar-refractivity contribution >= 4 is 11.6 Å². The molecule has 0 bridgehead atoms. The second kappa shape index (κ2) is 6.78. The monoisotopic (exact) mass is 274 g/mol. The van der Waals surface area contributed by atoms with Gasteiger partial charge in [0.15, 0.2) is 0 Å². The molecule has 1 aliphatic rings. The fourth-order valence-corrected chi connectivity index (χ4v) is 2.91. The molecule has 2 N–H and O–H groups in total. The SMILES string of the molecule is Cc1cccc(NCC(=O)NC2CCCCC2C)c1C. The lowest BCUT2D eigenvalue weighted by atomic mass is 9.86. The summed E-state index contributed by atoms with van der Waals surface area (Å²) in [5.74, 6) is 0.707. The Kier molecular flexibility index (Phi) is 5.05. The lowest BCUT2D eigenvalue weighted by molar-refractivity contribution is -0.120. The van der Waals surface area contributed by atoms with E-state index in [0.29, 0.717) is 18.5 Å². The van der Waals surface area contributed by atoms with Crippen molar-refractivity contribution in [3.63, 3.8) is 0 Å². The number of anilines is 1. The van der Waals surface area contributed by atoms with Crippen LogP contribution in [0.5, 0.6) is 0 Å². The maximum Gasteiger partial charge on any atom is 0.239 e. The zero-order valence-corrected chi connectivity index (χ0v) is 12.8. The first kappa shape index (κ1) is 14.9. The minimum absolute atomic E-state index is 0.102. The summed E-state index contributed by atoms with van der Waals surface area (Å²) in [4.78, 5) is 12.1. The molecule has 0 saturated heterocycles. The average molecular weight is 274 g/mol. The number of carbonyl (C=O) groups is 1. The van der Waals surface area contributed by atoms with E-state index < -0.39 is 0 Å². The molecule has 2 atom stereocenters. The number of hydrogen-bond acceptors (Lipinski definition) is 2. The molecule has 1 amide bonds. The van der Waals surface area contributed by atoms with Crippen molar-refractivity contribution in [1.29, 1.82) is 0 Å². The fourth-order valence-electron chi connectivity index (χ4n) is 2.91. The lowest BCUT2D eigenvalue weighted by Crippen LogP contribution is -2.43. The van der Waals surface area contributed by atoms with Crippen molar-refractivity contribution in [2.75, 3.05) is 11.9 Å². The predicted molar refractivity (Wildman–Crippen MR) is 84.0 cm³/mol. The number of carbonyl (C=O) groups excluding carboxylic acids is 1. The third-order valence-corrected chi connectivity index (χ3v) is 4.50. The van der Waals surface area contributed by atoms with Gasteiger partial charge in [0.1, 0.15) is 0 Å². The van der Waals surface area contributed by atoms with E-state index in [1.165, 1.54) is 30.4 Å². The van der Waals surface area contributed by atoms with Crippen LogP contribution in [-0.4, -0.2) is 18.5 Å². The number of aryl methyl sites for hydroxylation is 1. The van der Waals surface area contributed by atoms with E-state index >= 15 is 0 Å². The maximum atomic E-state index is 12.1. The molecule has 1 aromatic rings. The lowest BCUT2D eigenvalue weighted by Gasteiger charge is -2.29. The summed E-state index contributed by atoms with van der Waals surface area (Å²) in [6, 6.07) is 6.49. The molecule has 1 saturated carbocycles. The standard InChI is InChI=1S/C17H26N2O/c1-12-8-6-10-16(14(12)3)18-11-17(20)19-15-9-5-4-7-13(15)2/h6,8,10,13,15,18H,4-5,7,9,11H2,1-3H3,(H,19,20). The zero-order chi connectivity index (χ0) is 14.5. The fraction of sp³-hybridized carbons (Fsp3) is 0.588. The van der Waals surface area contributed by atoms with E-state index in [9.17, 15) is 4.79 Å². The Morgan fingerprint density at radius 1 is 1.25 bits per heavy atom. The summed E-state index contributed by atoms with van der Waals surface area (Å²) in [6.45, 7) is 6.76. The van der Waals surface area contributed by atoms with E-state index in [4.69, 9.17) is 0 Å². The first-order valence-electron chi connectivity index (χ1n) is 7.67. The Hall–Kier alpha value is -1.51. The number of rotatable bonds is 4. The van der Waals surface area contributed by atoms with E-state index in [1.807, 2.05) is 12.1 Å². The van der Waals surface area contributed by atoms with Gasteiger partial charge in [-0.25, -0.2) is 0 Å². The molecule has 0 radical (unpaired) electrons. The highest BCUT2D eigenvalue weighted by Gasteiger charge is 2.22. The van der Waals surface area contributed by atoms with Crippen LogP contribution in [0.1, 0.15) is 43.7 Å². The van der Waals surface area contributed by atoms with Crippen LogP contribution in [0, 0.1) is 19.8 Å². The third kappa shape index (κ3) is 3.75. The van der Waals surface area contributed by atoms with Gasteiger partial charge in [0.25, 0.3) is 0 Å². The Bertz CT molecular complexity index is 470. The molecule has 1 aliphatic carbocycles. The zero-order valence-electron chi connectivity index (χ0n) is 12.8. The normalized spacial score (nSPS) is 22.4. The molecule has 110 valence electrons. The van der Waals surface area contributed by atoms with Crippen molar-refractivity contribution in [3.05, 3.63) is 29.3 Å². The van der Waals surface area contributed by atoms with Gasteiger partial charge in [0.05, 0.1) is 6.54 Å². The summed E-state index contributed by atoms with van der Waals surface area (Å²) < 4.78 is 0. The number of amides is 1. The van der Waals surface area contributed by atoms with Crippen molar-refractivity contribution < 1.29 is 4.79 Å². The van der Waals surface area contributed by atoms with Gasteiger partial charge in [-0.1, -0.05) is 31.9 Å². The summed E-state index contributed by atoms with van der Waals surface area (Å²) in [5.41, 5.74) is 3.51. The van der Waals surface area contributed by atoms with Crippen LogP contribution in [0.3, 0.4) is 0 Å². The molecule has 0 spiro atoms. The molecule has 3 nitrogen and oxygen atoms in total. The van der Waals surface area contributed by atoms with Gasteiger partial charge in [-0.05, 0) is 49.8 Å². The van der Waals surface area contributed by atoms with Crippen LogP contribution < -0.4 is 10.6 Å². The van der Waals surface area contributed by atoms with Crippen molar-refractivity contribution in [1.82, 2.24) is 5.32 Å². The van der Waals surface area contributed by atoms with Gasteiger partial charge in [-0.3, -0.25) is 4.79 Å². The molecule has 0 aromatic heterocycles. The minimum Gasteiger partial charge on any atom is -0.376 e. The molecular weight excluding hydrogens is 248 g/mol. The van der Waals surface area contributed by atoms with Gasteiger partial charge >= 0.3 is 0 Å². The first-order chi connectivity index (χ1) is 9.58. The van der Waals surface area contributed by atoms with E-state index in [0.717, 1.165) is 12.1 Å². The molecule has 0 heterocycles. The largest absolute Gasteiger partial charge is 0.376 e. The average Bonchev–Trinajstić information content (AvgIpc) is 2.43. The van der Waals surface area contributed by atoms with Crippen molar-refractivity contribution in [2.45, 2.75) is 52.5 Å². The molecule has 2 rings (SSSR count). The Morgan fingerprint density at radius 3 is 2.75 bits per heavy atom. The highest BCUT2D eigenvalue weighted by molar-refractivity contribution is 5.81. The van der Waals surface area contributed by atoms with Gasteiger partial charge < -0.3 is 10.6 Å². The van der Waals surface area contributed by atoms with E-state index in [1.54, 1.807) is 0 Å². The van der Waals surface area contributed by atoms with Crippen LogP contribution in [-0.2, 0) is 4.79 Å². The second-order valence-electron chi connectivity index (χ2n) is 6.04. The molecule has 20 heavy (non-hydrogen) atoms. The molecule has 1 aromatic carbocycles. The van der Waals surface area contributed by atoms with Gasteiger partial charge in [0.2, 0.25) is 5.91 Å². The van der Waals surface area contributed by atoms with E-state index in [2.05, 4.69) is 37.5 Å². The third-order valence-electron chi connectivity index (χ3n) is 4.50. The van der Waals surface area contributed by atoms with Crippen LogP contribution in [0.25, 0.3) is 0 Å². The van der Waals surface area contributed by atoms with Crippen molar-refractivity contribution in [3.8, 4) is 0 Å². The quantitative estimate of drug-likeness (QED) is 0.883. The topological polar surface area (TPSA) is 41.1 Å². The molecule has 2 unspecified atom stereocenters. The number of nitrogens with one attached hydrogen (secondary N) is 2. The van der Waals surface area contributed by atoms with Crippen LogP contribution in [0.15, 0.2) is 18.2 Å². The second-order valence-corrected chi connectivity index (χ2v) is 6.04. The first-order valence-corrected chi connectivity index (χ1v) is 7.67. The van der Waals surface area contributed by atoms with Gasteiger partial charge in [-0.15, -0.1) is 0 Å². The summed E-state index contributed by atoms with van der Waals surface area (Å²) in [6.07, 6.45) is 4.89. The van der Waals surface area contributed by atoms with Crippen LogP contribution >= 0.6 is 0 Å². The summed E-state index contributed by atoms with van der Waals surface area (Å²) >= 11 is 0. The molecule has 3 heteroatoms. The molecule has 1 fully saturated rings. The number of benzene rings is 1. The summed E-state index contributed by atoms with van der Waals surface area (Å²) in [5, 5.41) is 6.42. The van der Waals surface area contributed by atoms with Crippen molar-refractivity contribution in [2.24, 2.45) is 5.92 Å². The highest BCUT2D eigenvalue weighted by Crippen LogP contribution is 2.23. The molecular formula is C17H26N2O. The van der Waals surface area contributed by atoms with Crippen LogP contribution in [0.2, 0.25) is 0 Å². The summed E-state index contributed by atoms with van der Waals surface area (Å²) in [7, 11) is 0. The highest BCUT2D eigenvalue weighted by atomic mass is 16.1. The van der Waals surface area contributed by atoms with Crippen LogP contribution in [0.4, 0.5) is 5.69 Å². The Balaban J connectivity index is 1.84. The predicted octanol–water partition coefficient (Wildman–Crippen LogP) is 3.41. The smallest absolute Gasteiger partial charge is 0.239 e. The van der Waals surface area contributed by atoms with Gasteiger partial charge in [0, 0.05) is 11.7 Å². The Morgan fingerprint density at radius 2 is 2.00 bits per heavy atom. The maximum absolute atomic E-state index is 12.1. The van der Waals surface area contributed by atoms with E-state index in [-0.39, 0.29) is 5.91 Å². The minimum atomic E-state index is 0.102. The van der Waals surface area contributed by atoms with Gasteiger partial charge in [-0.2, -0.15) is 0 Å². The molecule has 0 aliphatic heterocycles. The number of hydrogen-bond donors (Lipinski definition) is 2. The Labute approximate surface area is 122 Å².